The van der Waals surface area contributed by atoms with E-state index < -0.39 is 0 Å². The van der Waals surface area contributed by atoms with Crippen molar-refractivity contribution in [3.05, 3.63) is 30.5 Å². The van der Waals surface area contributed by atoms with Gasteiger partial charge in [-0.1, -0.05) is 23.1 Å². The van der Waals surface area contributed by atoms with Crippen molar-refractivity contribution < 1.29 is 4.79 Å². The van der Waals surface area contributed by atoms with E-state index in [1.807, 2.05) is 24.3 Å². The maximum Gasteiger partial charge on any atom is 0.223 e. The molecule has 88 valence electrons. The minimum Gasteiger partial charge on any atom is -0.399 e. The number of carbonyl (C=O) groups is 1. The molecule has 1 amide bonds. The standard InChI is InChI=1S/C11H11N3OS2/c1-7(15)14-11-13-6-10(17-11)16-9-4-2-8(12)3-5-9/h2-6H,12H2,1H3,(H,13,14,15). The Balaban J connectivity index is 2.06. The van der Waals surface area contributed by atoms with Gasteiger partial charge in [-0.3, -0.25) is 4.79 Å². The number of nitrogens with one attached hydrogen (secondary N) is 1. The number of anilines is 2. The molecule has 0 aliphatic rings. The van der Waals surface area contributed by atoms with Crippen LogP contribution in [0.15, 0.2) is 39.6 Å². The van der Waals surface area contributed by atoms with Gasteiger partial charge in [0.25, 0.3) is 0 Å². The Hall–Kier alpha value is -1.53. The predicted molar refractivity (Wildman–Crippen MR) is 71.4 cm³/mol. The molecule has 0 unspecified atom stereocenters. The quantitative estimate of drug-likeness (QED) is 0.837. The molecule has 2 aromatic rings. The first-order chi connectivity index (χ1) is 8.13. The van der Waals surface area contributed by atoms with Crippen LogP contribution in [0.3, 0.4) is 0 Å². The number of nitrogens with zero attached hydrogens (tertiary/aromatic N) is 1. The van der Waals surface area contributed by atoms with Crippen molar-refractivity contribution in [2.75, 3.05) is 11.1 Å². The fourth-order valence-corrected chi connectivity index (χ4v) is 3.07. The van der Waals surface area contributed by atoms with Crippen molar-refractivity contribution in [1.29, 1.82) is 0 Å². The van der Waals surface area contributed by atoms with E-state index in [1.54, 1.807) is 18.0 Å². The van der Waals surface area contributed by atoms with Crippen LogP contribution in [-0.2, 0) is 4.79 Å². The average Bonchev–Trinajstić information content (AvgIpc) is 2.68. The summed E-state index contributed by atoms with van der Waals surface area (Å²) in [5, 5.41) is 3.28. The number of carbonyl (C=O) groups excluding carboxylic acids is 1. The van der Waals surface area contributed by atoms with Crippen molar-refractivity contribution in [2.45, 2.75) is 16.0 Å². The van der Waals surface area contributed by atoms with Gasteiger partial charge in [-0.05, 0) is 24.3 Å². The van der Waals surface area contributed by atoms with Crippen LogP contribution < -0.4 is 11.1 Å². The molecule has 0 aliphatic heterocycles. The number of aromatic nitrogens is 1. The zero-order valence-corrected chi connectivity index (χ0v) is 10.8. The molecule has 0 radical (unpaired) electrons. The molecule has 0 bridgehead atoms. The molecule has 0 saturated heterocycles. The number of amides is 1. The van der Waals surface area contributed by atoms with E-state index in [-0.39, 0.29) is 5.91 Å². The number of rotatable bonds is 3. The Morgan fingerprint density at radius 2 is 2.12 bits per heavy atom. The average molecular weight is 265 g/mol. The maximum absolute atomic E-state index is 10.9. The van der Waals surface area contributed by atoms with Crippen molar-refractivity contribution in [2.24, 2.45) is 0 Å². The zero-order valence-electron chi connectivity index (χ0n) is 9.14. The molecule has 6 heteroatoms. The molecule has 0 atom stereocenters. The summed E-state index contributed by atoms with van der Waals surface area (Å²) in [6.45, 7) is 1.47. The molecule has 1 heterocycles. The van der Waals surface area contributed by atoms with E-state index >= 15 is 0 Å². The minimum atomic E-state index is -0.108. The molecule has 0 fully saturated rings. The fraction of sp³-hybridized carbons (Fsp3) is 0.0909. The first-order valence-electron chi connectivity index (χ1n) is 4.90. The summed E-state index contributed by atoms with van der Waals surface area (Å²) in [5.74, 6) is -0.108. The van der Waals surface area contributed by atoms with Gasteiger partial charge in [0.1, 0.15) is 0 Å². The van der Waals surface area contributed by atoms with E-state index in [0.717, 1.165) is 14.8 Å². The lowest BCUT2D eigenvalue weighted by molar-refractivity contribution is -0.114. The summed E-state index contributed by atoms with van der Waals surface area (Å²) in [5.41, 5.74) is 6.36. The summed E-state index contributed by atoms with van der Waals surface area (Å²) < 4.78 is 1.03. The second-order valence-electron chi connectivity index (χ2n) is 3.34. The van der Waals surface area contributed by atoms with Crippen molar-refractivity contribution >= 4 is 39.8 Å². The van der Waals surface area contributed by atoms with Crippen molar-refractivity contribution in [3.8, 4) is 0 Å². The van der Waals surface area contributed by atoms with E-state index in [2.05, 4.69) is 10.3 Å². The number of nitrogen functional groups attached to an aromatic ring is 1. The number of hydrogen-bond acceptors (Lipinski definition) is 5. The van der Waals surface area contributed by atoms with E-state index in [4.69, 9.17) is 5.73 Å². The monoisotopic (exact) mass is 265 g/mol. The third kappa shape index (κ3) is 3.47. The number of hydrogen-bond donors (Lipinski definition) is 2. The van der Waals surface area contributed by atoms with Gasteiger partial charge in [-0.25, -0.2) is 4.98 Å². The molecule has 1 aromatic heterocycles. The maximum atomic E-state index is 10.9. The zero-order chi connectivity index (χ0) is 12.3. The van der Waals surface area contributed by atoms with Crippen LogP contribution in [0.25, 0.3) is 0 Å². The largest absolute Gasteiger partial charge is 0.399 e. The molecule has 0 saturated carbocycles. The van der Waals surface area contributed by atoms with Crippen LogP contribution in [0, 0.1) is 0 Å². The molecule has 17 heavy (non-hydrogen) atoms. The summed E-state index contributed by atoms with van der Waals surface area (Å²) in [6, 6.07) is 7.63. The van der Waals surface area contributed by atoms with Crippen LogP contribution in [-0.4, -0.2) is 10.9 Å². The van der Waals surface area contributed by atoms with Gasteiger partial charge in [0.15, 0.2) is 5.13 Å². The van der Waals surface area contributed by atoms with E-state index in [0.29, 0.717) is 5.13 Å². The first kappa shape index (κ1) is 11.9. The normalized spacial score (nSPS) is 10.2. The molecular formula is C11H11N3OS2. The molecule has 1 aromatic carbocycles. The minimum absolute atomic E-state index is 0.108. The predicted octanol–water partition coefficient (Wildman–Crippen LogP) is 2.83. The van der Waals surface area contributed by atoms with Gasteiger partial charge in [0.05, 0.1) is 10.4 Å². The van der Waals surface area contributed by atoms with Crippen LogP contribution in [0.4, 0.5) is 10.8 Å². The van der Waals surface area contributed by atoms with Crippen LogP contribution >= 0.6 is 23.1 Å². The highest BCUT2D eigenvalue weighted by molar-refractivity contribution is 8.01. The van der Waals surface area contributed by atoms with Gasteiger partial charge >= 0.3 is 0 Å². The molecule has 3 N–H and O–H groups in total. The van der Waals surface area contributed by atoms with Crippen LogP contribution in [0.1, 0.15) is 6.92 Å². The second kappa shape index (κ2) is 5.20. The van der Waals surface area contributed by atoms with Crippen molar-refractivity contribution in [3.63, 3.8) is 0 Å². The SMILES string of the molecule is CC(=O)Nc1ncc(Sc2ccc(N)cc2)s1. The van der Waals surface area contributed by atoms with Gasteiger partial charge in [0.2, 0.25) is 5.91 Å². The Labute approximate surface area is 107 Å². The fourth-order valence-electron chi connectivity index (χ4n) is 1.17. The highest BCUT2D eigenvalue weighted by Gasteiger charge is 2.04. The Morgan fingerprint density at radius 3 is 2.76 bits per heavy atom. The van der Waals surface area contributed by atoms with Gasteiger partial charge in [-0.15, -0.1) is 0 Å². The second-order valence-corrected chi connectivity index (χ2v) is 5.74. The highest BCUT2D eigenvalue weighted by Crippen LogP contribution is 2.34. The Kier molecular flexibility index (Phi) is 3.65. The number of thiazole rings is 1. The lowest BCUT2D eigenvalue weighted by Crippen LogP contribution is -2.04. The molecular weight excluding hydrogens is 254 g/mol. The number of benzene rings is 1. The van der Waals surface area contributed by atoms with Gasteiger partial charge < -0.3 is 11.1 Å². The number of nitrogens with two attached hydrogens (primary N) is 1. The van der Waals surface area contributed by atoms with E-state index in [1.165, 1.54) is 18.3 Å². The Morgan fingerprint density at radius 1 is 1.41 bits per heavy atom. The third-order valence-corrected chi connectivity index (χ3v) is 3.89. The highest BCUT2D eigenvalue weighted by atomic mass is 32.2. The summed E-state index contributed by atoms with van der Waals surface area (Å²) in [7, 11) is 0. The summed E-state index contributed by atoms with van der Waals surface area (Å²) in [4.78, 5) is 16.1. The van der Waals surface area contributed by atoms with Crippen LogP contribution in [0.2, 0.25) is 0 Å². The summed E-state index contributed by atoms with van der Waals surface area (Å²) >= 11 is 3.04. The molecule has 4 nitrogen and oxygen atoms in total. The first-order valence-corrected chi connectivity index (χ1v) is 6.53. The van der Waals surface area contributed by atoms with Gasteiger partial charge in [0, 0.05) is 17.5 Å². The lowest BCUT2D eigenvalue weighted by Gasteiger charge is -1.98. The van der Waals surface area contributed by atoms with Crippen LogP contribution in [0.5, 0.6) is 0 Å². The molecule has 0 spiro atoms. The lowest BCUT2D eigenvalue weighted by atomic mass is 10.3. The van der Waals surface area contributed by atoms with Crippen molar-refractivity contribution in [1.82, 2.24) is 4.98 Å². The molecule has 0 aliphatic carbocycles. The molecule has 2 rings (SSSR count). The summed E-state index contributed by atoms with van der Waals surface area (Å²) in [6.07, 6.45) is 1.75. The smallest absolute Gasteiger partial charge is 0.223 e. The third-order valence-electron chi connectivity index (χ3n) is 1.87. The van der Waals surface area contributed by atoms with E-state index in [9.17, 15) is 4.79 Å². The van der Waals surface area contributed by atoms with Gasteiger partial charge in [-0.2, -0.15) is 0 Å². The topological polar surface area (TPSA) is 68.0 Å². The Bertz CT molecular complexity index is 522.